The van der Waals surface area contributed by atoms with Crippen molar-refractivity contribution in [2.45, 2.75) is 61.8 Å². The average molecular weight is 483 g/mol. The Kier molecular flexibility index (Phi) is 9.84. The molecule has 0 fully saturated rings. The summed E-state index contributed by atoms with van der Waals surface area (Å²) in [6, 6.07) is 9.11. The van der Waals surface area contributed by atoms with Crippen LogP contribution in [0.5, 0.6) is 11.5 Å². The molecule has 0 aliphatic rings. The summed E-state index contributed by atoms with van der Waals surface area (Å²) in [7, 11) is 8.45. The minimum atomic E-state index is 0.0988. The van der Waals surface area contributed by atoms with Gasteiger partial charge in [-0.05, 0) is 95.7 Å². The predicted octanol–water partition coefficient (Wildman–Crippen LogP) is 6.44. The lowest BCUT2D eigenvalue weighted by Gasteiger charge is -2.29. The molecule has 0 spiro atoms. The van der Waals surface area contributed by atoms with E-state index in [1.54, 1.807) is 0 Å². The molecule has 35 heavy (non-hydrogen) atoms. The van der Waals surface area contributed by atoms with Gasteiger partial charge >= 0.3 is 0 Å². The Morgan fingerprint density at radius 3 is 1.11 bits per heavy atom. The fourth-order valence-corrected chi connectivity index (χ4v) is 5.31. The van der Waals surface area contributed by atoms with Crippen molar-refractivity contribution in [3.8, 4) is 11.5 Å². The largest absolute Gasteiger partial charge is 0.492 e. The fraction of sp³-hybridized carbons (Fsp3) is 0.613. The molecule has 0 aliphatic heterocycles. The van der Waals surface area contributed by atoms with E-state index in [0.29, 0.717) is 13.2 Å². The number of benzene rings is 2. The van der Waals surface area contributed by atoms with Crippen LogP contribution in [0.25, 0.3) is 0 Å². The molecule has 0 saturated heterocycles. The highest BCUT2D eigenvalue weighted by molar-refractivity contribution is 5.47. The number of rotatable bonds is 12. The minimum absolute atomic E-state index is 0.0988. The predicted molar refractivity (Wildman–Crippen MR) is 150 cm³/mol. The quantitative estimate of drug-likeness (QED) is 0.347. The normalized spacial score (nSPS) is 12.5. The molecule has 2 aromatic rings. The first-order valence-electron chi connectivity index (χ1n) is 12.8. The van der Waals surface area contributed by atoms with Crippen LogP contribution in [0, 0.1) is 38.5 Å². The van der Waals surface area contributed by atoms with Gasteiger partial charge in [-0.25, -0.2) is 0 Å². The Morgan fingerprint density at radius 1 is 0.571 bits per heavy atom. The first kappa shape index (κ1) is 29.2. The smallest absolute Gasteiger partial charge is 0.125 e. The van der Waals surface area contributed by atoms with E-state index in [-0.39, 0.29) is 10.8 Å². The SMILES string of the molecule is Cc1cc(Cc2cc(C)c(OCC(C)(C)CN(C)C)c(C)c2)cc(C)c1OCC(C)(C)CN(C)C. The zero-order valence-corrected chi connectivity index (χ0v) is 24.6. The highest BCUT2D eigenvalue weighted by atomic mass is 16.5. The van der Waals surface area contributed by atoms with Crippen molar-refractivity contribution < 1.29 is 9.47 Å². The second-order valence-electron chi connectivity index (χ2n) is 12.7. The maximum Gasteiger partial charge on any atom is 0.125 e. The molecule has 0 amide bonds. The lowest BCUT2D eigenvalue weighted by molar-refractivity contribution is 0.140. The molecule has 0 unspecified atom stereocenters. The van der Waals surface area contributed by atoms with Gasteiger partial charge in [0.25, 0.3) is 0 Å². The summed E-state index contributed by atoms with van der Waals surface area (Å²) in [6.07, 6.45) is 0.905. The molecule has 0 aliphatic carbocycles. The molecule has 4 nitrogen and oxygen atoms in total. The molecule has 0 bridgehead atoms. The Morgan fingerprint density at radius 2 is 0.857 bits per heavy atom. The maximum absolute atomic E-state index is 6.32. The van der Waals surface area contributed by atoms with Crippen molar-refractivity contribution in [2.24, 2.45) is 10.8 Å². The Labute approximate surface area is 215 Å². The third-order valence-corrected chi connectivity index (χ3v) is 6.15. The number of nitrogens with zero attached hydrogens (tertiary/aromatic N) is 2. The summed E-state index contributed by atoms with van der Waals surface area (Å²) in [5.74, 6) is 2.05. The van der Waals surface area contributed by atoms with Crippen LogP contribution in [0.1, 0.15) is 61.1 Å². The van der Waals surface area contributed by atoms with Crippen molar-refractivity contribution in [3.05, 3.63) is 57.6 Å². The summed E-state index contributed by atoms with van der Waals surface area (Å²) in [5, 5.41) is 0. The summed E-state index contributed by atoms with van der Waals surface area (Å²) in [6.45, 7) is 21.1. The molecule has 0 saturated carbocycles. The van der Waals surface area contributed by atoms with Crippen LogP contribution in [-0.4, -0.2) is 64.3 Å². The Bertz CT molecular complexity index is 864. The van der Waals surface area contributed by atoms with E-state index in [1.807, 2.05) is 0 Å². The number of aryl methyl sites for hydroxylation is 4. The van der Waals surface area contributed by atoms with Crippen LogP contribution >= 0.6 is 0 Å². The van der Waals surface area contributed by atoms with Crippen molar-refractivity contribution in [1.82, 2.24) is 9.80 Å². The van der Waals surface area contributed by atoms with Crippen LogP contribution < -0.4 is 9.47 Å². The zero-order valence-electron chi connectivity index (χ0n) is 24.6. The van der Waals surface area contributed by atoms with Crippen LogP contribution in [-0.2, 0) is 6.42 Å². The highest BCUT2D eigenvalue weighted by Gasteiger charge is 2.22. The zero-order chi connectivity index (χ0) is 26.6. The summed E-state index contributed by atoms with van der Waals surface area (Å²) >= 11 is 0. The van der Waals surface area contributed by atoms with Gasteiger partial charge in [-0.2, -0.15) is 0 Å². The van der Waals surface area contributed by atoms with Crippen LogP contribution in [0.4, 0.5) is 0 Å². The molecule has 0 atom stereocenters. The van der Waals surface area contributed by atoms with Gasteiger partial charge in [-0.1, -0.05) is 52.0 Å². The summed E-state index contributed by atoms with van der Waals surface area (Å²) in [4.78, 5) is 4.44. The van der Waals surface area contributed by atoms with Gasteiger partial charge in [0, 0.05) is 23.9 Å². The molecule has 196 valence electrons. The van der Waals surface area contributed by atoms with E-state index >= 15 is 0 Å². The highest BCUT2D eigenvalue weighted by Crippen LogP contribution is 2.31. The molecule has 4 heteroatoms. The third-order valence-electron chi connectivity index (χ3n) is 6.15. The van der Waals surface area contributed by atoms with Gasteiger partial charge in [-0.15, -0.1) is 0 Å². The molecule has 0 radical (unpaired) electrons. The second kappa shape index (κ2) is 11.8. The van der Waals surface area contributed by atoms with Crippen LogP contribution in [0.3, 0.4) is 0 Å². The van der Waals surface area contributed by atoms with Gasteiger partial charge in [0.2, 0.25) is 0 Å². The van der Waals surface area contributed by atoms with Crippen molar-refractivity contribution in [2.75, 3.05) is 54.5 Å². The summed E-state index contributed by atoms with van der Waals surface area (Å²) < 4.78 is 12.6. The molecular formula is C31H50N2O2. The number of hydrogen-bond acceptors (Lipinski definition) is 4. The first-order valence-corrected chi connectivity index (χ1v) is 12.8. The van der Waals surface area contributed by atoms with Gasteiger partial charge in [0.05, 0.1) is 13.2 Å². The summed E-state index contributed by atoms with van der Waals surface area (Å²) in [5.41, 5.74) is 7.66. The number of hydrogen-bond donors (Lipinski definition) is 0. The Balaban J connectivity index is 2.13. The van der Waals surface area contributed by atoms with Crippen LogP contribution in [0.2, 0.25) is 0 Å². The monoisotopic (exact) mass is 482 g/mol. The van der Waals surface area contributed by atoms with E-state index < -0.39 is 0 Å². The van der Waals surface area contributed by atoms with Gasteiger partial charge in [-0.3, -0.25) is 0 Å². The fourth-order valence-electron chi connectivity index (χ4n) is 5.31. The Hall–Kier alpha value is -2.04. The minimum Gasteiger partial charge on any atom is -0.492 e. The molecule has 2 aromatic carbocycles. The van der Waals surface area contributed by atoms with Gasteiger partial charge in [0.15, 0.2) is 0 Å². The number of ether oxygens (including phenoxy) is 2. The van der Waals surface area contributed by atoms with E-state index in [2.05, 4.69) is 118 Å². The molecule has 0 N–H and O–H groups in total. The van der Waals surface area contributed by atoms with E-state index in [0.717, 1.165) is 31.0 Å². The van der Waals surface area contributed by atoms with Crippen molar-refractivity contribution >= 4 is 0 Å². The second-order valence-corrected chi connectivity index (χ2v) is 12.7. The standard InChI is InChI=1S/C31H50N2O2/c1-22-13-26(14-23(2)28(22)34-20-30(5,6)18-32(9)10)17-27-15-24(3)29(25(4)16-27)35-21-31(7,8)19-33(11)12/h13-16H,17-21H2,1-12H3. The van der Waals surface area contributed by atoms with Crippen molar-refractivity contribution in [3.63, 3.8) is 0 Å². The lowest BCUT2D eigenvalue weighted by atomic mass is 9.94. The van der Waals surface area contributed by atoms with E-state index in [9.17, 15) is 0 Å². The van der Waals surface area contributed by atoms with E-state index in [4.69, 9.17) is 9.47 Å². The molecule has 0 aromatic heterocycles. The average Bonchev–Trinajstić information content (AvgIpc) is 2.64. The van der Waals surface area contributed by atoms with Gasteiger partial charge < -0.3 is 19.3 Å². The molecule has 2 rings (SSSR count). The topological polar surface area (TPSA) is 24.9 Å². The first-order chi connectivity index (χ1) is 16.1. The van der Waals surface area contributed by atoms with Crippen molar-refractivity contribution in [1.29, 1.82) is 0 Å². The van der Waals surface area contributed by atoms with E-state index in [1.165, 1.54) is 33.4 Å². The molecular weight excluding hydrogens is 432 g/mol. The lowest BCUT2D eigenvalue weighted by Crippen LogP contribution is -2.33. The third kappa shape index (κ3) is 9.16. The molecule has 0 heterocycles. The maximum atomic E-state index is 6.32. The van der Waals surface area contributed by atoms with Crippen LogP contribution in [0.15, 0.2) is 24.3 Å². The van der Waals surface area contributed by atoms with Gasteiger partial charge in [0.1, 0.15) is 11.5 Å².